The van der Waals surface area contributed by atoms with Crippen LogP contribution < -0.4 is 4.72 Å². The van der Waals surface area contributed by atoms with Crippen molar-refractivity contribution in [1.82, 2.24) is 4.72 Å². The first-order chi connectivity index (χ1) is 8.86. The molecule has 6 nitrogen and oxygen atoms in total. The molecule has 0 aromatic heterocycles. The highest BCUT2D eigenvalue weighted by molar-refractivity contribution is 7.89. The van der Waals surface area contributed by atoms with Gasteiger partial charge in [-0.3, -0.25) is 0 Å². The number of rotatable bonds is 7. The molecule has 0 aliphatic carbocycles. The largest absolute Gasteiger partial charge is 0.479 e. The van der Waals surface area contributed by atoms with E-state index in [4.69, 9.17) is 10.2 Å². The van der Waals surface area contributed by atoms with Gasteiger partial charge >= 0.3 is 5.97 Å². The van der Waals surface area contributed by atoms with Crippen molar-refractivity contribution in [2.45, 2.75) is 30.8 Å². The monoisotopic (exact) mass is 287 g/mol. The van der Waals surface area contributed by atoms with Crippen LogP contribution in [0.3, 0.4) is 0 Å². The summed E-state index contributed by atoms with van der Waals surface area (Å²) in [7, 11) is -3.79. The fourth-order valence-electron chi connectivity index (χ4n) is 1.48. The van der Waals surface area contributed by atoms with Gasteiger partial charge in [-0.25, -0.2) is 17.9 Å². The van der Waals surface area contributed by atoms with Gasteiger partial charge in [0.25, 0.3) is 0 Å². The molecule has 0 aliphatic heterocycles. The summed E-state index contributed by atoms with van der Waals surface area (Å²) < 4.78 is 25.7. The van der Waals surface area contributed by atoms with E-state index in [1.807, 2.05) is 11.6 Å². The summed E-state index contributed by atoms with van der Waals surface area (Å²) in [4.78, 5) is 10.4. The third-order valence-electron chi connectivity index (χ3n) is 2.52. The molecule has 0 amide bonds. The number of carbonyl (C=O) groups is 1. The first-order valence-corrected chi connectivity index (χ1v) is 7.34. The minimum Gasteiger partial charge on any atom is -0.479 e. The highest BCUT2D eigenvalue weighted by Crippen LogP contribution is 2.11. The van der Waals surface area contributed by atoms with Crippen LogP contribution in [0.5, 0.6) is 0 Å². The number of carboxylic acids is 1. The number of carboxylic acid groups (broad SMARTS) is 1. The molecule has 0 fully saturated rings. The van der Waals surface area contributed by atoms with Crippen LogP contribution in [-0.2, 0) is 21.2 Å². The maximum atomic E-state index is 11.8. The zero-order valence-electron chi connectivity index (χ0n) is 10.5. The predicted octanol–water partition coefficient (Wildman–Crippen LogP) is 0.363. The molecule has 1 aromatic rings. The van der Waals surface area contributed by atoms with Crippen LogP contribution in [0.1, 0.15) is 18.9 Å². The van der Waals surface area contributed by atoms with Crippen molar-refractivity contribution in [3.05, 3.63) is 29.8 Å². The number of nitrogens with one attached hydrogen (secondary N) is 1. The molecule has 0 aliphatic rings. The Balaban J connectivity index is 2.74. The lowest BCUT2D eigenvalue weighted by Gasteiger charge is -2.09. The van der Waals surface area contributed by atoms with Gasteiger partial charge in [0.2, 0.25) is 10.0 Å². The first-order valence-electron chi connectivity index (χ1n) is 5.86. The maximum Gasteiger partial charge on any atom is 0.333 e. The van der Waals surface area contributed by atoms with Crippen molar-refractivity contribution in [1.29, 1.82) is 0 Å². The van der Waals surface area contributed by atoms with E-state index in [0.29, 0.717) is 0 Å². The molecule has 7 heteroatoms. The van der Waals surface area contributed by atoms with Gasteiger partial charge in [0.15, 0.2) is 6.10 Å². The van der Waals surface area contributed by atoms with Gasteiger partial charge in [-0.1, -0.05) is 25.5 Å². The van der Waals surface area contributed by atoms with Crippen molar-refractivity contribution in [2.75, 3.05) is 6.54 Å². The van der Waals surface area contributed by atoms with Crippen molar-refractivity contribution >= 4 is 16.0 Å². The Hall–Kier alpha value is -1.44. The summed E-state index contributed by atoms with van der Waals surface area (Å²) >= 11 is 0. The lowest BCUT2D eigenvalue weighted by atomic mass is 10.1. The van der Waals surface area contributed by atoms with Crippen LogP contribution >= 0.6 is 0 Å². The Morgan fingerprint density at radius 3 is 2.37 bits per heavy atom. The van der Waals surface area contributed by atoms with Crippen LogP contribution in [-0.4, -0.2) is 37.2 Å². The smallest absolute Gasteiger partial charge is 0.333 e. The van der Waals surface area contributed by atoms with Crippen molar-refractivity contribution < 1.29 is 23.4 Å². The number of hydrogen-bond donors (Lipinski definition) is 3. The number of aliphatic hydroxyl groups excluding tert-OH is 1. The Morgan fingerprint density at radius 2 is 1.89 bits per heavy atom. The average molecular weight is 287 g/mol. The molecule has 19 heavy (non-hydrogen) atoms. The van der Waals surface area contributed by atoms with E-state index in [0.717, 1.165) is 18.4 Å². The van der Waals surface area contributed by atoms with Gasteiger partial charge in [0, 0.05) is 6.54 Å². The maximum absolute atomic E-state index is 11.8. The molecule has 0 saturated carbocycles. The van der Waals surface area contributed by atoms with Gasteiger partial charge in [0.05, 0.1) is 4.90 Å². The molecule has 1 atom stereocenters. The Bertz CT molecular complexity index is 524. The van der Waals surface area contributed by atoms with E-state index < -0.39 is 28.6 Å². The first kappa shape index (κ1) is 15.6. The van der Waals surface area contributed by atoms with Crippen molar-refractivity contribution in [3.63, 3.8) is 0 Å². The number of aryl methyl sites for hydroxylation is 1. The van der Waals surface area contributed by atoms with E-state index in [-0.39, 0.29) is 4.90 Å². The van der Waals surface area contributed by atoms with Gasteiger partial charge < -0.3 is 10.2 Å². The van der Waals surface area contributed by atoms with E-state index in [9.17, 15) is 13.2 Å². The molecule has 1 rings (SSSR count). The molecule has 3 N–H and O–H groups in total. The lowest BCUT2D eigenvalue weighted by molar-refractivity contribution is -0.146. The molecule has 0 bridgehead atoms. The summed E-state index contributed by atoms with van der Waals surface area (Å²) in [5, 5.41) is 17.5. The zero-order valence-corrected chi connectivity index (χ0v) is 11.4. The highest BCUT2D eigenvalue weighted by Gasteiger charge is 2.19. The van der Waals surface area contributed by atoms with Crippen LogP contribution in [0.4, 0.5) is 0 Å². The fourth-order valence-corrected chi connectivity index (χ4v) is 2.52. The predicted molar refractivity (Wildman–Crippen MR) is 69.3 cm³/mol. The second-order valence-corrected chi connectivity index (χ2v) is 5.87. The van der Waals surface area contributed by atoms with E-state index >= 15 is 0 Å². The second kappa shape index (κ2) is 6.65. The SMILES string of the molecule is CCCc1ccc(S(=O)(=O)NCC(O)C(=O)O)cc1. The van der Waals surface area contributed by atoms with Crippen molar-refractivity contribution in [2.24, 2.45) is 0 Å². The topological polar surface area (TPSA) is 104 Å². The molecule has 1 unspecified atom stereocenters. The number of aliphatic carboxylic acids is 1. The lowest BCUT2D eigenvalue weighted by Crippen LogP contribution is -2.36. The molecule has 106 valence electrons. The molecular weight excluding hydrogens is 270 g/mol. The quantitative estimate of drug-likeness (QED) is 0.672. The van der Waals surface area contributed by atoms with Crippen LogP contribution in [0.2, 0.25) is 0 Å². The van der Waals surface area contributed by atoms with Crippen LogP contribution in [0.25, 0.3) is 0 Å². The number of hydrogen-bond acceptors (Lipinski definition) is 4. The summed E-state index contributed by atoms with van der Waals surface area (Å²) in [5.41, 5.74) is 1.03. The van der Waals surface area contributed by atoms with Gasteiger partial charge in [-0.2, -0.15) is 0 Å². The Labute approximate surface area is 112 Å². The summed E-state index contributed by atoms with van der Waals surface area (Å²) in [5.74, 6) is -1.47. The molecule has 1 aromatic carbocycles. The second-order valence-electron chi connectivity index (χ2n) is 4.10. The van der Waals surface area contributed by atoms with E-state index in [2.05, 4.69) is 0 Å². The fraction of sp³-hybridized carbons (Fsp3) is 0.417. The summed E-state index contributed by atoms with van der Waals surface area (Å²) in [6.45, 7) is 1.47. The zero-order chi connectivity index (χ0) is 14.5. The van der Waals surface area contributed by atoms with E-state index in [1.54, 1.807) is 12.1 Å². The van der Waals surface area contributed by atoms with Crippen LogP contribution in [0.15, 0.2) is 29.2 Å². The number of sulfonamides is 1. The van der Waals surface area contributed by atoms with Gasteiger partial charge in [-0.05, 0) is 24.1 Å². The highest BCUT2D eigenvalue weighted by atomic mass is 32.2. The standard InChI is InChI=1S/C12H17NO5S/c1-2-3-9-4-6-10(7-5-9)19(17,18)13-8-11(14)12(15)16/h4-7,11,13-14H,2-3,8H2,1H3,(H,15,16). The molecule has 0 saturated heterocycles. The summed E-state index contributed by atoms with van der Waals surface area (Å²) in [6.07, 6.45) is 0.0785. The Morgan fingerprint density at radius 1 is 1.32 bits per heavy atom. The number of benzene rings is 1. The third-order valence-corrected chi connectivity index (χ3v) is 3.96. The van der Waals surface area contributed by atoms with Crippen molar-refractivity contribution in [3.8, 4) is 0 Å². The molecule has 0 radical (unpaired) electrons. The van der Waals surface area contributed by atoms with Gasteiger partial charge in [-0.15, -0.1) is 0 Å². The van der Waals surface area contributed by atoms with E-state index in [1.165, 1.54) is 12.1 Å². The minimum absolute atomic E-state index is 0.0462. The third kappa shape index (κ3) is 4.62. The average Bonchev–Trinajstić information content (AvgIpc) is 2.37. The molecule has 0 heterocycles. The molecule has 0 spiro atoms. The Kier molecular flexibility index (Phi) is 5.46. The molecular formula is C12H17NO5S. The number of aliphatic hydroxyl groups is 1. The van der Waals surface area contributed by atoms with Crippen LogP contribution in [0, 0.1) is 0 Å². The normalized spacial score (nSPS) is 13.2. The minimum atomic E-state index is -3.79. The summed E-state index contributed by atoms with van der Waals surface area (Å²) in [6, 6.07) is 6.35. The van der Waals surface area contributed by atoms with Gasteiger partial charge in [0.1, 0.15) is 0 Å².